The van der Waals surface area contributed by atoms with Crippen LogP contribution >= 0.6 is 0 Å². The van der Waals surface area contributed by atoms with E-state index in [4.69, 9.17) is 11.5 Å². The minimum atomic E-state index is -0.561. The zero-order chi connectivity index (χ0) is 13.4. The number of nitrogens with two attached hydrogens (primary N) is 2. The van der Waals surface area contributed by atoms with Crippen molar-refractivity contribution in [1.82, 2.24) is 15.0 Å². The highest BCUT2D eigenvalue weighted by Gasteiger charge is 2.15. The maximum Gasteiger partial charge on any atom is 0.251 e. The first-order chi connectivity index (χ1) is 9.16. The van der Waals surface area contributed by atoms with Crippen molar-refractivity contribution in [2.24, 2.45) is 5.73 Å². The third-order valence-corrected chi connectivity index (χ3v) is 2.86. The lowest BCUT2D eigenvalue weighted by Gasteiger charge is -2.03. The molecule has 3 aromatic rings. The Bertz CT molecular complexity index is 763. The minimum Gasteiger partial charge on any atom is -0.383 e. The molecule has 6 heteroatoms. The second kappa shape index (κ2) is 4.09. The fourth-order valence-corrected chi connectivity index (χ4v) is 1.97. The van der Waals surface area contributed by atoms with E-state index in [0.29, 0.717) is 22.4 Å². The Morgan fingerprint density at radius 2 is 1.89 bits per heavy atom. The average molecular weight is 253 g/mol. The summed E-state index contributed by atoms with van der Waals surface area (Å²) in [6.07, 6.45) is 1.49. The number of amides is 1. The molecule has 0 unspecified atom stereocenters. The summed E-state index contributed by atoms with van der Waals surface area (Å²) >= 11 is 0. The van der Waals surface area contributed by atoms with Gasteiger partial charge in [-0.05, 0) is 0 Å². The molecule has 6 nitrogen and oxygen atoms in total. The van der Waals surface area contributed by atoms with Gasteiger partial charge in [-0.2, -0.15) is 0 Å². The SMILES string of the molecule is NC(=O)c1c[nH]c2nc(-c3ccccc3)nc(N)c12. The molecule has 5 N–H and O–H groups in total. The zero-order valence-corrected chi connectivity index (χ0v) is 9.92. The van der Waals surface area contributed by atoms with Crippen molar-refractivity contribution < 1.29 is 4.79 Å². The summed E-state index contributed by atoms with van der Waals surface area (Å²) in [5, 5.41) is 0.465. The number of carbonyl (C=O) groups excluding carboxylic acids is 1. The van der Waals surface area contributed by atoms with Gasteiger partial charge in [0.15, 0.2) is 5.82 Å². The lowest BCUT2D eigenvalue weighted by Crippen LogP contribution is -2.11. The molecule has 0 fully saturated rings. The molecular formula is C13H11N5O. The van der Waals surface area contributed by atoms with E-state index in [2.05, 4.69) is 15.0 Å². The molecule has 0 radical (unpaired) electrons. The first kappa shape index (κ1) is 11.2. The van der Waals surface area contributed by atoms with Gasteiger partial charge in [0.05, 0.1) is 10.9 Å². The van der Waals surface area contributed by atoms with Crippen LogP contribution in [0.1, 0.15) is 10.4 Å². The van der Waals surface area contributed by atoms with Crippen LogP contribution in [-0.4, -0.2) is 20.9 Å². The normalized spacial score (nSPS) is 10.7. The van der Waals surface area contributed by atoms with Gasteiger partial charge in [0.25, 0.3) is 5.91 Å². The van der Waals surface area contributed by atoms with Gasteiger partial charge in [-0.25, -0.2) is 9.97 Å². The maximum atomic E-state index is 11.3. The summed E-state index contributed by atoms with van der Waals surface area (Å²) in [6, 6.07) is 9.47. The van der Waals surface area contributed by atoms with E-state index in [-0.39, 0.29) is 5.82 Å². The summed E-state index contributed by atoms with van der Waals surface area (Å²) in [5.41, 5.74) is 12.8. The number of nitrogens with one attached hydrogen (secondary N) is 1. The van der Waals surface area contributed by atoms with E-state index in [1.165, 1.54) is 6.20 Å². The van der Waals surface area contributed by atoms with Crippen LogP contribution in [0.5, 0.6) is 0 Å². The van der Waals surface area contributed by atoms with Crippen LogP contribution in [0, 0.1) is 0 Å². The number of rotatable bonds is 2. The van der Waals surface area contributed by atoms with E-state index in [9.17, 15) is 4.79 Å². The zero-order valence-electron chi connectivity index (χ0n) is 9.92. The first-order valence-electron chi connectivity index (χ1n) is 5.66. The smallest absolute Gasteiger partial charge is 0.251 e. The number of nitrogens with zero attached hydrogens (tertiary/aromatic N) is 2. The number of aromatic nitrogens is 3. The lowest BCUT2D eigenvalue weighted by molar-refractivity contribution is 0.100. The van der Waals surface area contributed by atoms with Crippen LogP contribution in [-0.2, 0) is 0 Å². The van der Waals surface area contributed by atoms with Gasteiger partial charge >= 0.3 is 0 Å². The summed E-state index contributed by atoms with van der Waals surface area (Å²) < 4.78 is 0. The molecule has 1 aromatic carbocycles. The predicted octanol–water partition coefficient (Wildman–Crippen LogP) is 1.31. The Balaban J connectivity index is 2.25. The fraction of sp³-hybridized carbons (Fsp3) is 0. The van der Waals surface area contributed by atoms with Gasteiger partial charge in [-0.15, -0.1) is 0 Å². The highest BCUT2D eigenvalue weighted by molar-refractivity contribution is 6.08. The molecule has 1 amide bonds. The Morgan fingerprint density at radius 1 is 1.16 bits per heavy atom. The number of fused-ring (bicyclic) bond motifs is 1. The number of benzene rings is 1. The van der Waals surface area contributed by atoms with Crippen molar-refractivity contribution in [2.75, 3.05) is 5.73 Å². The van der Waals surface area contributed by atoms with E-state index in [1.807, 2.05) is 30.3 Å². The quantitative estimate of drug-likeness (QED) is 0.639. The molecule has 0 aliphatic rings. The van der Waals surface area contributed by atoms with Gasteiger partial charge in [-0.1, -0.05) is 30.3 Å². The monoisotopic (exact) mass is 253 g/mol. The Labute approximate surface area is 108 Å². The number of H-pyrrole nitrogens is 1. The van der Waals surface area contributed by atoms with Crippen LogP contribution < -0.4 is 11.5 Å². The predicted molar refractivity (Wildman–Crippen MR) is 72.3 cm³/mol. The summed E-state index contributed by atoms with van der Waals surface area (Å²) in [6.45, 7) is 0. The Hall–Kier alpha value is -2.89. The number of hydrogen-bond acceptors (Lipinski definition) is 4. The average Bonchev–Trinajstić information content (AvgIpc) is 2.84. The molecule has 3 rings (SSSR count). The summed E-state index contributed by atoms with van der Waals surface area (Å²) in [5.74, 6) is 0.177. The molecule has 19 heavy (non-hydrogen) atoms. The summed E-state index contributed by atoms with van der Waals surface area (Å²) in [4.78, 5) is 22.7. The van der Waals surface area contributed by atoms with Gasteiger partial charge in [0.1, 0.15) is 11.5 Å². The third kappa shape index (κ3) is 1.79. The van der Waals surface area contributed by atoms with Crippen molar-refractivity contribution >= 4 is 22.8 Å². The minimum absolute atomic E-state index is 0.235. The molecule has 0 saturated heterocycles. The second-order valence-electron chi connectivity index (χ2n) is 4.09. The van der Waals surface area contributed by atoms with Gasteiger partial charge < -0.3 is 16.5 Å². The number of carbonyl (C=O) groups is 1. The van der Waals surface area contributed by atoms with Gasteiger partial charge in [0, 0.05) is 11.8 Å². The molecule has 0 atom stereocenters. The largest absolute Gasteiger partial charge is 0.383 e. The van der Waals surface area contributed by atoms with Gasteiger partial charge in [0.2, 0.25) is 0 Å². The van der Waals surface area contributed by atoms with Crippen LogP contribution in [0.25, 0.3) is 22.4 Å². The number of hydrogen-bond donors (Lipinski definition) is 3. The Kier molecular flexibility index (Phi) is 2.42. The molecule has 2 heterocycles. The maximum absolute atomic E-state index is 11.3. The van der Waals surface area contributed by atoms with Crippen LogP contribution in [0.3, 0.4) is 0 Å². The van der Waals surface area contributed by atoms with Crippen molar-refractivity contribution in [1.29, 1.82) is 0 Å². The highest BCUT2D eigenvalue weighted by Crippen LogP contribution is 2.25. The molecule has 94 valence electrons. The molecule has 0 saturated carbocycles. The van der Waals surface area contributed by atoms with Gasteiger partial charge in [-0.3, -0.25) is 4.79 Å². The first-order valence-corrected chi connectivity index (χ1v) is 5.66. The van der Waals surface area contributed by atoms with Crippen molar-refractivity contribution in [3.8, 4) is 11.4 Å². The summed E-state index contributed by atoms with van der Waals surface area (Å²) in [7, 11) is 0. The number of aromatic amines is 1. The second-order valence-corrected chi connectivity index (χ2v) is 4.09. The van der Waals surface area contributed by atoms with Crippen molar-refractivity contribution in [2.45, 2.75) is 0 Å². The van der Waals surface area contributed by atoms with Crippen LogP contribution in [0.15, 0.2) is 36.5 Å². The highest BCUT2D eigenvalue weighted by atomic mass is 16.1. The van der Waals surface area contributed by atoms with Crippen molar-refractivity contribution in [3.63, 3.8) is 0 Å². The number of primary amides is 1. The third-order valence-electron chi connectivity index (χ3n) is 2.86. The fourth-order valence-electron chi connectivity index (χ4n) is 1.97. The molecule has 0 aliphatic carbocycles. The van der Waals surface area contributed by atoms with E-state index in [0.717, 1.165) is 5.56 Å². The lowest BCUT2D eigenvalue weighted by atomic mass is 10.2. The van der Waals surface area contributed by atoms with Crippen LogP contribution in [0.2, 0.25) is 0 Å². The van der Waals surface area contributed by atoms with E-state index >= 15 is 0 Å². The number of nitrogen functional groups attached to an aromatic ring is 1. The molecule has 0 aliphatic heterocycles. The molecule has 2 aromatic heterocycles. The Morgan fingerprint density at radius 3 is 2.58 bits per heavy atom. The molecular weight excluding hydrogens is 242 g/mol. The van der Waals surface area contributed by atoms with E-state index in [1.54, 1.807) is 0 Å². The van der Waals surface area contributed by atoms with E-state index < -0.39 is 5.91 Å². The number of anilines is 1. The standard InChI is InChI=1S/C13H11N5O/c14-10-9-8(11(15)19)6-16-13(9)18-12(17-10)7-4-2-1-3-5-7/h1-6H,(H2,15,19)(H3,14,16,17,18). The molecule has 0 spiro atoms. The topological polar surface area (TPSA) is 111 Å². The molecule has 0 bridgehead atoms. The van der Waals surface area contributed by atoms with Crippen LogP contribution in [0.4, 0.5) is 5.82 Å². The van der Waals surface area contributed by atoms with Crippen molar-refractivity contribution in [3.05, 3.63) is 42.1 Å².